The standard InChI is InChI=1S/C15H18F3N3O3/c1-8-3-4-10(20-9(8)2)5-19-14(24)21-6-11(13(22)23)12(7-21)15(16,17)18/h3-4,11-12H,5-7H2,1-2H3,(H,19,24)(H,22,23)/t11-,12-/m1/s1. The molecule has 0 aliphatic carbocycles. The van der Waals surface area contributed by atoms with Crippen LogP contribution in [-0.2, 0) is 11.3 Å². The van der Waals surface area contributed by atoms with Crippen molar-refractivity contribution in [3.05, 3.63) is 29.1 Å². The van der Waals surface area contributed by atoms with Crippen LogP contribution in [0.2, 0.25) is 0 Å². The van der Waals surface area contributed by atoms with E-state index >= 15 is 0 Å². The highest BCUT2D eigenvalue weighted by Crippen LogP contribution is 2.37. The van der Waals surface area contributed by atoms with Gasteiger partial charge in [0.2, 0.25) is 0 Å². The molecule has 9 heteroatoms. The number of pyridine rings is 1. The van der Waals surface area contributed by atoms with E-state index in [9.17, 15) is 22.8 Å². The molecule has 2 rings (SSSR count). The van der Waals surface area contributed by atoms with Crippen molar-refractivity contribution in [2.24, 2.45) is 11.8 Å². The molecule has 2 heterocycles. The second-order valence-corrected chi connectivity index (χ2v) is 5.86. The predicted molar refractivity (Wildman–Crippen MR) is 78.2 cm³/mol. The normalized spacial score (nSPS) is 21.0. The monoisotopic (exact) mass is 345 g/mol. The number of aliphatic carboxylic acids is 1. The fraction of sp³-hybridized carbons (Fsp3) is 0.533. The third-order valence-corrected chi connectivity index (χ3v) is 4.17. The molecule has 0 spiro atoms. The van der Waals surface area contributed by atoms with E-state index in [1.54, 1.807) is 6.07 Å². The van der Waals surface area contributed by atoms with Crippen molar-refractivity contribution in [1.29, 1.82) is 0 Å². The summed E-state index contributed by atoms with van der Waals surface area (Å²) in [4.78, 5) is 28.2. The topological polar surface area (TPSA) is 82.5 Å². The number of aryl methyl sites for hydroxylation is 2. The molecule has 1 fully saturated rings. The summed E-state index contributed by atoms with van der Waals surface area (Å²) < 4.78 is 38.7. The highest BCUT2D eigenvalue weighted by molar-refractivity contribution is 5.77. The molecule has 2 N–H and O–H groups in total. The zero-order valence-electron chi connectivity index (χ0n) is 13.2. The van der Waals surface area contributed by atoms with Crippen molar-refractivity contribution >= 4 is 12.0 Å². The summed E-state index contributed by atoms with van der Waals surface area (Å²) >= 11 is 0. The number of amides is 2. The first-order valence-corrected chi connectivity index (χ1v) is 7.35. The molecule has 1 aliphatic rings. The van der Waals surface area contributed by atoms with Crippen molar-refractivity contribution in [3.8, 4) is 0 Å². The number of carbonyl (C=O) groups is 2. The number of carboxylic acids is 1. The van der Waals surface area contributed by atoms with Crippen molar-refractivity contribution in [2.75, 3.05) is 13.1 Å². The minimum atomic E-state index is -4.66. The summed E-state index contributed by atoms with van der Waals surface area (Å²) in [5.74, 6) is -5.25. The maximum atomic E-state index is 12.9. The summed E-state index contributed by atoms with van der Waals surface area (Å²) in [5, 5.41) is 11.4. The number of carboxylic acid groups (broad SMARTS) is 1. The number of carbonyl (C=O) groups excluding carboxylic acids is 1. The molecule has 0 bridgehead atoms. The third-order valence-electron chi connectivity index (χ3n) is 4.17. The number of hydrogen-bond donors (Lipinski definition) is 2. The van der Waals surface area contributed by atoms with E-state index in [1.807, 2.05) is 19.9 Å². The average molecular weight is 345 g/mol. The molecule has 1 aliphatic heterocycles. The lowest BCUT2D eigenvalue weighted by Gasteiger charge is -2.18. The van der Waals surface area contributed by atoms with Gasteiger partial charge in [-0.1, -0.05) is 6.07 Å². The van der Waals surface area contributed by atoms with Crippen LogP contribution >= 0.6 is 0 Å². The van der Waals surface area contributed by atoms with E-state index in [0.717, 1.165) is 16.2 Å². The Balaban J connectivity index is 2.00. The average Bonchev–Trinajstić information content (AvgIpc) is 2.94. The van der Waals surface area contributed by atoms with Gasteiger partial charge in [-0.15, -0.1) is 0 Å². The minimum absolute atomic E-state index is 0.0604. The fourth-order valence-electron chi connectivity index (χ4n) is 2.61. The molecule has 0 radical (unpaired) electrons. The van der Waals surface area contributed by atoms with Gasteiger partial charge in [0.05, 0.1) is 24.1 Å². The van der Waals surface area contributed by atoms with Crippen LogP contribution < -0.4 is 5.32 Å². The van der Waals surface area contributed by atoms with Gasteiger partial charge in [-0.05, 0) is 25.5 Å². The van der Waals surface area contributed by atoms with Gasteiger partial charge < -0.3 is 15.3 Å². The zero-order chi connectivity index (χ0) is 18.1. The number of urea groups is 1. The molecule has 0 saturated carbocycles. The summed E-state index contributed by atoms with van der Waals surface area (Å²) in [6.07, 6.45) is -4.66. The van der Waals surface area contributed by atoms with Crippen LogP contribution in [0.15, 0.2) is 12.1 Å². The summed E-state index contributed by atoms with van der Waals surface area (Å²) in [5.41, 5.74) is 2.36. The van der Waals surface area contributed by atoms with Crippen LogP contribution in [0, 0.1) is 25.7 Å². The molecule has 0 unspecified atom stereocenters. The predicted octanol–water partition coefficient (Wildman–Crippen LogP) is 2.10. The highest BCUT2D eigenvalue weighted by atomic mass is 19.4. The van der Waals surface area contributed by atoms with Crippen LogP contribution in [0.1, 0.15) is 17.0 Å². The Morgan fingerprint density at radius 2 is 2.00 bits per heavy atom. The number of nitrogens with zero attached hydrogens (tertiary/aromatic N) is 2. The summed E-state index contributed by atoms with van der Waals surface area (Å²) in [6, 6.07) is 2.82. The Bertz CT molecular complexity index is 649. The molecule has 2 atom stereocenters. The van der Waals surface area contributed by atoms with E-state index in [4.69, 9.17) is 5.11 Å². The zero-order valence-corrected chi connectivity index (χ0v) is 13.2. The second kappa shape index (κ2) is 6.66. The third kappa shape index (κ3) is 3.95. The van der Waals surface area contributed by atoms with Crippen molar-refractivity contribution in [2.45, 2.75) is 26.6 Å². The summed E-state index contributed by atoms with van der Waals surface area (Å²) in [6.45, 7) is 2.63. The Labute approximate surface area is 136 Å². The Morgan fingerprint density at radius 1 is 1.33 bits per heavy atom. The Morgan fingerprint density at radius 3 is 2.50 bits per heavy atom. The van der Waals surface area contributed by atoms with E-state index in [0.29, 0.717) is 5.69 Å². The van der Waals surface area contributed by atoms with Gasteiger partial charge in [0.25, 0.3) is 0 Å². The lowest BCUT2D eigenvalue weighted by Crippen LogP contribution is -2.39. The number of nitrogens with one attached hydrogen (secondary N) is 1. The number of halogens is 3. The molecule has 2 amide bonds. The molecule has 24 heavy (non-hydrogen) atoms. The fourth-order valence-corrected chi connectivity index (χ4v) is 2.61. The Kier molecular flexibility index (Phi) is 5.00. The molecule has 1 saturated heterocycles. The first kappa shape index (κ1) is 18.0. The van der Waals surface area contributed by atoms with Crippen LogP contribution in [0.25, 0.3) is 0 Å². The van der Waals surface area contributed by atoms with Crippen molar-refractivity contribution in [3.63, 3.8) is 0 Å². The van der Waals surface area contributed by atoms with Crippen molar-refractivity contribution in [1.82, 2.24) is 15.2 Å². The molecule has 6 nitrogen and oxygen atoms in total. The smallest absolute Gasteiger partial charge is 0.394 e. The number of likely N-dealkylation sites (tertiary alicyclic amines) is 1. The first-order chi connectivity index (χ1) is 11.1. The highest BCUT2D eigenvalue weighted by Gasteiger charge is 2.53. The molecule has 132 valence electrons. The van der Waals surface area contributed by atoms with Crippen molar-refractivity contribution < 1.29 is 27.9 Å². The Hall–Kier alpha value is -2.32. The van der Waals surface area contributed by atoms with E-state index in [1.165, 1.54) is 0 Å². The van der Waals surface area contributed by atoms with Gasteiger partial charge >= 0.3 is 18.2 Å². The molecule has 1 aromatic heterocycles. The van der Waals surface area contributed by atoms with E-state index < -0.39 is 43.1 Å². The largest absolute Gasteiger partial charge is 0.481 e. The molecule has 0 aromatic carbocycles. The quantitative estimate of drug-likeness (QED) is 0.879. The summed E-state index contributed by atoms with van der Waals surface area (Å²) in [7, 11) is 0. The van der Waals surface area contributed by atoms with Gasteiger partial charge in [0, 0.05) is 18.8 Å². The van der Waals surface area contributed by atoms with Crippen LogP contribution in [0.5, 0.6) is 0 Å². The van der Waals surface area contributed by atoms with E-state index in [-0.39, 0.29) is 6.54 Å². The van der Waals surface area contributed by atoms with Gasteiger partial charge in [-0.25, -0.2) is 4.79 Å². The van der Waals surface area contributed by atoms with E-state index in [2.05, 4.69) is 10.3 Å². The van der Waals surface area contributed by atoms with Gasteiger partial charge in [0.1, 0.15) is 0 Å². The number of aromatic nitrogens is 1. The number of rotatable bonds is 3. The lowest BCUT2D eigenvalue weighted by atomic mass is 9.96. The minimum Gasteiger partial charge on any atom is -0.481 e. The SMILES string of the molecule is Cc1ccc(CNC(=O)N2C[C@@H](C(F)(F)F)[C@H](C(=O)O)C2)nc1C. The second-order valence-electron chi connectivity index (χ2n) is 5.86. The molecular formula is C15H18F3N3O3. The number of alkyl halides is 3. The number of hydrogen-bond acceptors (Lipinski definition) is 3. The van der Waals surface area contributed by atoms with Gasteiger partial charge in [-0.2, -0.15) is 13.2 Å². The van der Waals surface area contributed by atoms with Gasteiger partial charge in [0.15, 0.2) is 0 Å². The first-order valence-electron chi connectivity index (χ1n) is 7.35. The maximum absolute atomic E-state index is 12.9. The molecular weight excluding hydrogens is 327 g/mol. The van der Waals surface area contributed by atoms with Crippen LogP contribution in [0.3, 0.4) is 0 Å². The molecule has 1 aromatic rings. The van der Waals surface area contributed by atoms with Gasteiger partial charge in [-0.3, -0.25) is 9.78 Å². The maximum Gasteiger partial charge on any atom is 0.394 e. The van der Waals surface area contributed by atoms with Crippen LogP contribution in [-0.4, -0.2) is 46.3 Å². The lowest BCUT2D eigenvalue weighted by molar-refractivity contribution is -0.187. The van der Waals surface area contributed by atoms with Crippen LogP contribution in [0.4, 0.5) is 18.0 Å².